The van der Waals surface area contributed by atoms with Crippen molar-refractivity contribution in [3.8, 4) is 5.75 Å². The molecule has 84 valence electrons. The Balaban J connectivity index is 3.05. The van der Waals surface area contributed by atoms with E-state index in [0.29, 0.717) is 11.6 Å². The van der Waals surface area contributed by atoms with Gasteiger partial charge < -0.3 is 9.57 Å². The number of ether oxygens (including phenoxy) is 1. The van der Waals surface area contributed by atoms with Gasteiger partial charge in [-0.3, -0.25) is 0 Å². The molecule has 0 heterocycles. The smallest absolute Gasteiger partial charge is 0.123 e. The molecule has 0 bridgehead atoms. The molecule has 0 spiro atoms. The monoisotopic (exact) mass is 229 g/mol. The second kappa shape index (κ2) is 5.95. The SMILES string of the molecule is CCc1c(CCON)cc(Cl)cc1OC. The van der Waals surface area contributed by atoms with Gasteiger partial charge in [0.25, 0.3) is 0 Å². The van der Waals surface area contributed by atoms with E-state index in [9.17, 15) is 0 Å². The highest BCUT2D eigenvalue weighted by atomic mass is 35.5. The van der Waals surface area contributed by atoms with E-state index in [4.69, 9.17) is 22.2 Å². The van der Waals surface area contributed by atoms with Crippen LogP contribution in [-0.4, -0.2) is 13.7 Å². The summed E-state index contributed by atoms with van der Waals surface area (Å²) in [6, 6.07) is 3.76. The summed E-state index contributed by atoms with van der Waals surface area (Å²) in [6.07, 6.45) is 1.65. The second-order valence-corrected chi connectivity index (χ2v) is 3.66. The van der Waals surface area contributed by atoms with E-state index < -0.39 is 0 Å². The fraction of sp³-hybridized carbons (Fsp3) is 0.455. The Labute approximate surface area is 95.1 Å². The second-order valence-electron chi connectivity index (χ2n) is 3.22. The van der Waals surface area contributed by atoms with E-state index in [-0.39, 0.29) is 0 Å². The molecular weight excluding hydrogens is 214 g/mol. The first-order valence-corrected chi connectivity index (χ1v) is 5.27. The van der Waals surface area contributed by atoms with Gasteiger partial charge in [0.2, 0.25) is 0 Å². The van der Waals surface area contributed by atoms with Crippen molar-refractivity contribution in [1.29, 1.82) is 0 Å². The van der Waals surface area contributed by atoms with Crippen LogP contribution in [0.4, 0.5) is 0 Å². The van der Waals surface area contributed by atoms with Gasteiger partial charge in [-0.2, -0.15) is 0 Å². The molecular formula is C11H16ClNO2. The number of halogens is 1. The third-order valence-corrected chi connectivity index (χ3v) is 2.55. The van der Waals surface area contributed by atoms with Gasteiger partial charge in [-0.05, 0) is 36.1 Å². The quantitative estimate of drug-likeness (QED) is 0.789. The Morgan fingerprint density at radius 3 is 2.67 bits per heavy atom. The Morgan fingerprint density at radius 1 is 1.40 bits per heavy atom. The normalized spacial score (nSPS) is 10.4. The van der Waals surface area contributed by atoms with E-state index in [1.165, 1.54) is 5.56 Å². The molecule has 0 fully saturated rings. The molecule has 2 N–H and O–H groups in total. The molecule has 3 nitrogen and oxygen atoms in total. The molecule has 0 saturated heterocycles. The zero-order chi connectivity index (χ0) is 11.3. The molecule has 1 aromatic carbocycles. The molecule has 1 rings (SSSR count). The average molecular weight is 230 g/mol. The zero-order valence-corrected chi connectivity index (χ0v) is 9.80. The predicted octanol–water partition coefficient (Wildman–Crippen LogP) is 2.34. The minimum Gasteiger partial charge on any atom is -0.496 e. The summed E-state index contributed by atoms with van der Waals surface area (Å²) < 4.78 is 5.28. The van der Waals surface area contributed by atoms with Crippen LogP contribution in [-0.2, 0) is 17.7 Å². The lowest BCUT2D eigenvalue weighted by molar-refractivity contribution is 0.141. The van der Waals surface area contributed by atoms with E-state index >= 15 is 0 Å². The van der Waals surface area contributed by atoms with Gasteiger partial charge in [-0.15, -0.1) is 0 Å². The molecule has 0 radical (unpaired) electrons. The van der Waals surface area contributed by atoms with Crippen molar-refractivity contribution in [3.05, 3.63) is 28.3 Å². The van der Waals surface area contributed by atoms with Crippen molar-refractivity contribution in [2.45, 2.75) is 19.8 Å². The molecule has 0 saturated carbocycles. The van der Waals surface area contributed by atoms with Crippen molar-refractivity contribution in [3.63, 3.8) is 0 Å². The lowest BCUT2D eigenvalue weighted by atomic mass is 10.0. The Kier molecular flexibility index (Phi) is 4.88. The van der Waals surface area contributed by atoms with E-state index in [1.54, 1.807) is 7.11 Å². The average Bonchev–Trinajstić information content (AvgIpc) is 2.25. The van der Waals surface area contributed by atoms with E-state index in [0.717, 1.165) is 24.2 Å². The molecule has 0 aliphatic rings. The Morgan fingerprint density at radius 2 is 2.13 bits per heavy atom. The number of nitrogens with two attached hydrogens (primary N) is 1. The molecule has 0 aromatic heterocycles. The summed E-state index contributed by atoms with van der Waals surface area (Å²) in [7, 11) is 1.65. The van der Waals surface area contributed by atoms with Crippen molar-refractivity contribution in [1.82, 2.24) is 0 Å². The fourth-order valence-corrected chi connectivity index (χ4v) is 1.87. The van der Waals surface area contributed by atoms with Crippen LogP contribution < -0.4 is 10.6 Å². The minimum absolute atomic E-state index is 0.483. The summed E-state index contributed by atoms with van der Waals surface area (Å²) >= 11 is 5.98. The molecule has 0 unspecified atom stereocenters. The molecule has 0 aliphatic carbocycles. The van der Waals surface area contributed by atoms with Gasteiger partial charge in [0.15, 0.2) is 0 Å². The van der Waals surface area contributed by atoms with Gasteiger partial charge in [0, 0.05) is 5.02 Å². The number of methoxy groups -OCH3 is 1. The third-order valence-electron chi connectivity index (χ3n) is 2.33. The first-order valence-electron chi connectivity index (χ1n) is 4.89. The molecule has 15 heavy (non-hydrogen) atoms. The molecule has 1 aromatic rings. The molecule has 4 heteroatoms. The maximum absolute atomic E-state index is 5.98. The fourth-order valence-electron chi connectivity index (χ4n) is 1.64. The number of benzene rings is 1. The number of hydrogen-bond donors (Lipinski definition) is 1. The van der Waals surface area contributed by atoms with Gasteiger partial charge in [0.1, 0.15) is 5.75 Å². The van der Waals surface area contributed by atoms with Crippen molar-refractivity contribution < 1.29 is 9.57 Å². The predicted molar refractivity (Wildman–Crippen MR) is 61.2 cm³/mol. The molecule has 0 amide bonds. The number of rotatable bonds is 5. The molecule has 0 atom stereocenters. The first kappa shape index (κ1) is 12.3. The van der Waals surface area contributed by atoms with Gasteiger partial charge in [0.05, 0.1) is 13.7 Å². The van der Waals surface area contributed by atoms with Crippen LogP contribution in [0.25, 0.3) is 0 Å². The largest absolute Gasteiger partial charge is 0.496 e. The highest BCUT2D eigenvalue weighted by Crippen LogP contribution is 2.28. The van der Waals surface area contributed by atoms with Crippen LogP contribution in [0.1, 0.15) is 18.1 Å². The van der Waals surface area contributed by atoms with Crippen LogP contribution in [0.2, 0.25) is 5.02 Å². The standard InChI is InChI=1S/C11H16ClNO2/c1-3-10-8(4-5-15-13)6-9(12)7-11(10)14-2/h6-7H,3-5,13H2,1-2H3. The first-order chi connectivity index (χ1) is 7.22. The van der Waals surface area contributed by atoms with Gasteiger partial charge in [-0.1, -0.05) is 18.5 Å². The van der Waals surface area contributed by atoms with Crippen LogP contribution in [0.5, 0.6) is 5.75 Å². The summed E-state index contributed by atoms with van der Waals surface area (Å²) in [5.74, 6) is 5.84. The lowest BCUT2D eigenvalue weighted by Crippen LogP contribution is -2.06. The van der Waals surface area contributed by atoms with Crippen LogP contribution in [0.3, 0.4) is 0 Å². The van der Waals surface area contributed by atoms with E-state index in [2.05, 4.69) is 11.8 Å². The Bertz CT molecular complexity index is 329. The van der Waals surface area contributed by atoms with Crippen molar-refractivity contribution in [2.24, 2.45) is 5.90 Å². The van der Waals surface area contributed by atoms with Crippen LogP contribution in [0.15, 0.2) is 12.1 Å². The van der Waals surface area contributed by atoms with Gasteiger partial charge in [-0.25, -0.2) is 5.90 Å². The van der Waals surface area contributed by atoms with Crippen LogP contribution in [0, 0.1) is 0 Å². The van der Waals surface area contributed by atoms with Crippen molar-refractivity contribution >= 4 is 11.6 Å². The highest BCUT2D eigenvalue weighted by molar-refractivity contribution is 6.30. The van der Waals surface area contributed by atoms with Crippen molar-refractivity contribution in [2.75, 3.05) is 13.7 Å². The zero-order valence-electron chi connectivity index (χ0n) is 9.05. The summed E-state index contributed by atoms with van der Waals surface area (Å²) in [5.41, 5.74) is 2.30. The van der Waals surface area contributed by atoms with Crippen LogP contribution >= 0.6 is 11.6 Å². The molecule has 0 aliphatic heterocycles. The maximum Gasteiger partial charge on any atom is 0.123 e. The number of hydrogen-bond acceptors (Lipinski definition) is 3. The van der Waals surface area contributed by atoms with E-state index in [1.807, 2.05) is 12.1 Å². The van der Waals surface area contributed by atoms with Gasteiger partial charge >= 0.3 is 0 Å². The summed E-state index contributed by atoms with van der Waals surface area (Å²) in [5, 5.41) is 0.677. The highest BCUT2D eigenvalue weighted by Gasteiger charge is 2.09. The third kappa shape index (κ3) is 3.09. The Hall–Kier alpha value is -0.770. The topological polar surface area (TPSA) is 44.5 Å². The maximum atomic E-state index is 5.98. The minimum atomic E-state index is 0.483. The summed E-state index contributed by atoms with van der Waals surface area (Å²) in [4.78, 5) is 4.57. The lowest BCUT2D eigenvalue weighted by Gasteiger charge is -2.13. The summed E-state index contributed by atoms with van der Waals surface area (Å²) in [6.45, 7) is 2.56.